The van der Waals surface area contributed by atoms with Gasteiger partial charge in [0.15, 0.2) is 0 Å². The van der Waals surface area contributed by atoms with E-state index in [1.54, 1.807) is 7.11 Å². The average Bonchev–Trinajstić information content (AvgIpc) is 3.06. The van der Waals surface area contributed by atoms with Crippen LogP contribution in [0.5, 0.6) is 5.75 Å². The summed E-state index contributed by atoms with van der Waals surface area (Å²) in [5.41, 5.74) is 5.22. The van der Waals surface area contributed by atoms with Gasteiger partial charge in [0.05, 0.1) is 30.2 Å². The summed E-state index contributed by atoms with van der Waals surface area (Å²) < 4.78 is 6.30. The van der Waals surface area contributed by atoms with E-state index in [0.29, 0.717) is 17.7 Å². The van der Waals surface area contributed by atoms with Gasteiger partial charge >= 0.3 is 0 Å². The molecule has 1 amide bonds. The summed E-state index contributed by atoms with van der Waals surface area (Å²) in [6.45, 7) is 0. The zero-order valence-electron chi connectivity index (χ0n) is 18.7. The van der Waals surface area contributed by atoms with E-state index in [1.807, 2.05) is 83.8 Å². The van der Waals surface area contributed by atoms with Gasteiger partial charge in [-0.2, -0.15) is 0 Å². The molecule has 4 aromatic carbocycles. The predicted molar refractivity (Wildman–Crippen MR) is 140 cm³/mol. The first-order chi connectivity index (χ1) is 16.6. The molecule has 5 rings (SSSR count). The molecule has 0 aromatic heterocycles. The van der Waals surface area contributed by atoms with Crippen molar-refractivity contribution in [1.82, 2.24) is 0 Å². The van der Waals surface area contributed by atoms with Gasteiger partial charge in [0.25, 0.3) is 5.91 Å². The van der Waals surface area contributed by atoms with Crippen LogP contribution >= 0.6 is 15.9 Å². The SMILES string of the molecule is COc1ccc(C(=O)N2c3ccccc3N=C(c3ccc(Br)cc3)CC2c2ccccc2)cc1. The molecule has 1 atom stereocenters. The Morgan fingerprint density at radius 3 is 2.26 bits per heavy atom. The zero-order valence-corrected chi connectivity index (χ0v) is 20.3. The third-order valence-corrected chi connectivity index (χ3v) is 6.54. The highest BCUT2D eigenvalue weighted by Crippen LogP contribution is 2.41. The van der Waals surface area contributed by atoms with Crippen LogP contribution < -0.4 is 9.64 Å². The average molecular weight is 511 g/mol. The Morgan fingerprint density at radius 2 is 1.56 bits per heavy atom. The lowest BCUT2D eigenvalue weighted by molar-refractivity contribution is 0.0977. The van der Waals surface area contributed by atoms with Crippen molar-refractivity contribution in [3.63, 3.8) is 0 Å². The summed E-state index contributed by atoms with van der Waals surface area (Å²) in [7, 11) is 1.62. The molecule has 0 saturated heterocycles. The molecule has 0 fully saturated rings. The van der Waals surface area contributed by atoms with E-state index in [4.69, 9.17) is 9.73 Å². The minimum Gasteiger partial charge on any atom is -0.497 e. The minimum atomic E-state index is -0.221. The quantitative estimate of drug-likeness (QED) is 0.287. The smallest absolute Gasteiger partial charge is 0.258 e. The third kappa shape index (κ3) is 4.39. The van der Waals surface area contributed by atoms with Gasteiger partial charge in [0, 0.05) is 16.5 Å². The number of carbonyl (C=O) groups excluding carboxylic acids is 1. The number of aliphatic imine (C=N–C) groups is 1. The zero-order chi connectivity index (χ0) is 23.5. The Kier molecular flexibility index (Phi) is 6.28. The van der Waals surface area contributed by atoms with E-state index in [2.05, 4.69) is 40.2 Å². The summed E-state index contributed by atoms with van der Waals surface area (Å²) in [4.78, 5) is 21.0. The van der Waals surface area contributed by atoms with Gasteiger partial charge in [0.1, 0.15) is 5.75 Å². The molecule has 1 unspecified atom stereocenters. The molecule has 1 aliphatic heterocycles. The maximum absolute atomic E-state index is 14.0. The molecule has 4 nitrogen and oxygen atoms in total. The number of nitrogens with zero attached hydrogens (tertiary/aromatic N) is 2. The molecule has 0 radical (unpaired) electrons. The van der Waals surface area contributed by atoms with Crippen LogP contribution in [0.2, 0.25) is 0 Å². The normalized spacial score (nSPS) is 15.2. The van der Waals surface area contributed by atoms with Crippen molar-refractivity contribution in [1.29, 1.82) is 0 Å². The number of hydrogen-bond acceptors (Lipinski definition) is 3. The van der Waals surface area contributed by atoms with E-state index in [-0.39, 0.29) is 11.9 Å². The van der Waals surface area contributed by atoms with Crippen molar-refractivity contribution in [3.8, 4) is 5.75 Å². The number of anilines is 1. The first-order valence-electron chi connectivity index (χ1n) is 11.1. The van der Waals surface area contributed by atoms with Crippen LogP contribution in [0.4, 0.5) is 11.4 Å². The summed E-state index contributed by atoms with van der Waals surface area (Å²) in [6, 6.07) is 33.2. The van der Waals surface area contributed by atoms with Crippen LogP contribution in [-0.2, 0) is 0 Å². The van der Waals surface area contributed by atoms with Crippen molar-refractivity contribution >= 4 is 38.9 Å². The fraction of sp³-hybridized carbons (Fsp3) is 0.103. The van der Waals surface area contributed by atoms with Gasteiger partial charge in [-0.15, -0.1) is 0 Å². The maximum atomic E-state index is 14.0. The summed E-state index contributed by atoms with van der Waals surface area (Å²) >= 11 is 3.52. The number of methoxy groups -OCH3 is 1. The van der Waals surface area contributed by atoms with Crippen molar-refractivity contribution in [3.05, 3.63) is 124 Å². The predicted octanol–water partition coefficient (Wildman–Crippen LogP) is 7.37. The fourth-order valence-electron chi connectivity index (χ4n) is 4.29. The summed E-state index contributed by atoms with van der Waals surface area (Å²) in [5.74, 6) is 0.643. The number of fused-ring (bicyclic) bond motifs is 1. The van der Waals surface area contributed by atoms with Crippen LogP contribution in [0.15, 0.2) is 113 Å². The number of halogens is 1. The van der Waals surface area contributed by atoms with Crippen molar-refractivity contribution < 1.29 is 9.53 Å². The minimum absolute atomic E-state index is 0.0730. The molecule has 4 aromatic rings. The van der Waals surface area contributed by atoms with Crippen molar-refractivity contribution in [2.24, 2.45) is 4.99 Å². The molecular formula is C29H23BrN2O2. The highest BCUT2D eigenvalue weighted by molar-refractivity contribution is 9.10. The molecule has 0 bridgehead atoms. The van der Waals surface area contributed by atoms with Gasteiger partial charge in [0.2, 0.25) is 0 Å². The van der Waals surface area contributed by atoms with Crippen LogP contribution in [0.25, 0.3) is 0 Å². The molecule has 0 spiro atoms. The molecule has 5 heteroatoms. The lowest BCUT2D eigenvalue weighted by Crippen LogP contribution is -2.35. The molecule has 0 N–H and O–H groups in total. The third-order valence-electron chi connectivity index (χ3n) is 6.01. The Hall–Kier alpha value is -3.70. The lowest BCUT2D eigenvalue weighted by atomic mass is 9.95. The van der Waals surface area contributed by atoms with Crippen LogP contribution in [-0.4, -0.2) is 18.7 Å². The lowest BCUT2D eigenvalue weighted by Gasteiger charge is -2.32. The van der Waals surface area contributed by atoms with Gasteiger partial charge in [-0.05, 0) is 59.7 Å². The second-order valence-electron chi connectivity index (χ2n) is 8.09. The monoisotopic (exact) mass is 510 g/mol. The number of rotatable bonds is 4. The largest absolute Gasteiger partial charge is 0.497 e. The first-order valence-corrected chi connectivity index (χ1v) is 11.9. The standard InChI is InChI=1S/C29H23BrN2O2/c1-34-24-17-13-22(14-18-24)29(33)32-27-10-6-5-9-25(27)31-26(20-11-15-23(30)16-12-20)19-28(32)21-7-3-2-4-8-21/h2-18,28H,19H2,1H3. The molecule has 1 heterocycles. The molecular weight excluding hydrogens is 488 g/mol. The molecule has 34 heavy (non-hydrogen) atoms. The van der Waals surface area contributed by atoms with Gasteiger partial charge in [-0.3, -0.25) is 14.7 Å². The number of benzene rings is 4. The van der Waals surface area contributed by atoms with Crippen LogP contribution in [0.3, 0.4) is 0 Å². The maximum Gasteiger partial charge on any atom is 0.258 e. The van der Waals surface area contributed by atoms with E-state index >= 15 is 0 Å². The van der Waals surface area contributed by atoms with Crippen LogP contribution in [0, 0.1) is 0 Å². The Bertz CT molecular complexity index is 1330. The highest BCUT2D eigenvalue weighted by atomic mass is 79.9. The van der Waals surface area contributed by atoms with Gasteiger partial charge < -0.3 is 4.74 Å². The highest BCUT2D eigenvalue weighted by Gasteiger charge is 2.33. The van der Waals surface area contributed by atoms with E-state index in [0.717, 1.165) is 32.7 Å². The van der Waals surface area contributed by atoms with Gasteiger partial charge in [-0.25, -0.2) is 0 Å². The van der Waals surface area contributed by atoms with Gasteiger partial charge in [-0.1, -0.05) is 70.5 Å². The van der Waals surface area contributed by atoms with E-state index in [1.165, 1.54) is 0 Å². The second-order valence-corrected chi connectivity index (χ2v) is 9.00. The number of hydrogen-bond donors (Lipinski definition) is 0. The molecule has 1 aliphatic rings. The Balaban J connectivity index is 1.66. The molecule has 0 aliphatic carbocycles. The fourth-order valence-corrected chi connectivity index (χ4v) is 4.55. The summed E-state index contributed by atoms with van der Waals surface area (Å²) in [5, 5.41) is 0. The number of para-hydroxylation sites is 2. The Labute approximate surface area is 207 Å². The molecule has 168 valence electrons. The van der Waals surface area contributed by atoms with Crippen molar-refractivity contribution in [2.75, 3.05) is 12.0 Å². The number of carbonyl (C=O) groups is 1. The van der Waals surface area contributed by atoms with E-state index in [9.17, 15) is 4.79 Å². The van der Waals surface area contributed by atoms with Crippen molar-refractivity contribution in [2.45, 2.75) is 12.5 Å². The number of ether oxygens (including phenoxy) is 1. The van der Waals surface area contributed by atoms with E-state index < -0.39 is 0 Å². The Morgan fingerprint density at radius 1 is 0.882 bits per heavy atom. The second kappa shape index (κ2) is 9.65. The molecule has 0 saturated carbocycles. The topological polar surface area (TPSA) is 41.9 Å². The first kappa shape index (κ1) is 22.1. The van der Waals surface area contributed by atoms with Crippen LogP contribution in [0.1, 0.15) is 33.9 Å². The summed E-state index contributed by atoms with van der Waals surface area (Å²) in [6.07, 6.45) is 0.586. The number of amides is 1.